The maximum Gasteiger partial charge on any atom is 0.249 e. The molecule has 0 aliphatic heterocycles. The van der Waals surface area contributed by atoms with Crippen molar-refractivity contribution in [2.75, 3.05) is 0 Å². The molecule has 0 fully saturated rings. The molecule has 1 N–H and O–H groups in total. The Morgan fingerprint density at radius 2 is 1.82 bits per heavy atom. The summed E-state index contributed by atoms with van der Waals surface area (Å²) in [5.74, 6) is -0.0359. The lowest BCUT2D eigenvalue weighted by molar-refractivity contribution is -0.113. The van der Waals surface area contributed by atoms with Gasteiger partial charge in [-0.3, -0.25) is 4.79 Å². The number of allylic oxidation sites excluding steroid dienone is 2. The van der Waals surface area contributed by atoms with Crippen LogP contribution in [-0.4, -0.2) is 27.1 Å². The first-order valence-electron chi connectivity index (χ1n) is 5.17. The quantitative estimate of drug-likeness (QED) is 0.493. The van der Waals surface area contributed by atoms with Crippen molar-refractivity contribution in [1.82, 2.24) is 9.97 Å². The zero-order valence-electron chi connectivity index (χ0n) is 10.4. The molecule has 1 aromatic heterocycles. The molecule has 1 rings (SSSR count). The third-order valence-corrected chi connectivity index (χ3v) is 2.05. The van der Waals surface area contributed by atoms with E-state index in [-0.39, 0.29) is 23.1 Å². The smallest absolute Gasteiger partial charge is 0.249 e. The van der Waals surface area contributed by atoms with Crippen LogP contribution in [0.4, 0.5) is 5.95 Å². The molecule has 0 radical (unpaired) electrons. The molecule has 0 aromatic carbocycles. The van der Waals surface area contributed by atoms with Crippen LogP contribution in [0.3, 0.4) is 0 Å². The van der Waals surface area contributed by atoms with E-state index in [1.165, 1.54) is 20.1 Å². The van der Waals surface area contributed by atoms with Crippen LogP contribution in [0.25, 0.3) is 0 Å². The van der Waals surface area contributed by atoms with E-state index in [2.05, 4.69) is 15.0 Å². The Morgan fingerprint density at radius 3 is 2.24 bits per heavy atom. The Morgan fingerprint density at radius 1 is 1.29 bits per heavy atom. The van der Waals surface area contributed by atoms with Crippen molar-refractivity contribution in [2.24, 2.45) is 4.99 Å². The van der Waals surface area contributed by atoms with Gasteiger partial charge in [0.1, 0.15) is 5.76 Å². The number of aliphatic hydroxyl groups is 1. The van der Waals surface area contributed by atoms with E-state index in [1.54, 1.807) is 0 Å². The lowest BCUT2D eigenvalue weighted by Gasteiger charge is -1.99. The van der Waals surface area contributed by atoms with Gasteiger partial charge in [-0.05, 0) is 33.8 Å². The van der Waals surface area contributed by atoms with Crippen molar-refractivity contribution in [1.29, 1.82) is 0 Å². The number of nitrogens with zero attached hydrogens (tertiary/aromatic N) is 3. The van der Waals surface area contributed by atoms with E-state index < -0.39 is 0 Å². The van der Waals surface area contributed by atoms with Crippen molar-refractivity contribution in [2.45, 2.75) is 27.7 Å². The summed E-state index contributed by atoms with van der Waals surface area (Å²) in [6, 6.07) is 1.83. The monoisotopic (exact) mass is 233 g/mol. The highest BCUT2D eigenvalue weighted by molar-refractivity contribution is 6.12. The summed E-state index contributed by atoms with van der Waals surface area (Å²) in [7, 11) is 0. The number of carbonyl (C=O) groups is 1. The lowest BCUT2D eigenvalue weighted by atomic mass is 10.2. The number of hydrogen-bond donors (Lipinski definition) is 1. The van der Waals surface area contributed by atoms with Gasteiger partial charge < -0.3 is 5.11 Å². The van der Waals surface area contributed by atoms with Gasteiger partial charge in [0.25, 0.3) is 0 Å². The van der Waals surface area contributed by atoms with E-state index >= 15 is 0 Å². The second-order valence-corrected chi connectivity index (χ2v) is 3.76. The maximum atomic E-state index is 11.2. The fraction of sp³-hybridized carbons (Fsp3) is 0.333. The van der Waals surface area contributed by atoms with Crippen molar-refractivity contribution in [3.05, 3.63) is 28.8 Å². The molecular formula is C12H15N3O2. The molecule has 5 heteroatoms. The predicted octanol–water partition coefficient (Wildman–Crippen LogP) is 2.22. The van der Waals surface area contributed by atoms with Crippen LogP contribution in [0, 0.1) is 13.8 Å². The first kappa shape index (κ1) is 13.0. The Bertz CT molecular complexity index is 480. The first-order chi connectivity index (χ1) is 7.90. The topological polar surface area (TPSA) is 75.4 Å². The second kappa shape index (κ2) is 5.34. The molecule has 1 heterocycles. The van der Waals surface area contributed by atoms with Crippen LogP contribution in [0.5, 0.6) is 0 Å². The summed E-state index contributed by atoms with van der Waals surface area (Å²) in [4.78, 5) is 23.4. The number of ketones is 1. The van der Waals surface area contributed by atoms with Crippen LogP contribution in [0.2, 0.25) is 0 Å². The van der Waals surface area contributed by atoms with Gasteiger partial charge in [-0.1, -0.05) is 0 Å². The van der Waals surface area contributed by atoms with E-state index in [0.29, 0.717) is 0 Å². The van der Waals surface area contributed by atoms with Crippen molar-refractivity contribution in [3.8, 4) is 0 Å². The standard InChI is InChI=1S/C12H15N3O2/c1-7-5-8(2)15-12(14-7)13-6-11(9(3)16)10(4)17/h5-6,16H,1-4H3/b11-9+,13-6+. The molecule has 0 amide bonds. The third-order valence-electron chi connectivity index (χ3n) is 2.05. The van der Waals surface area contributed by atoms with Crippen molar-refractivity contribution < 1.29 is 9.90 Å². The fourth-order valence-corrected chi connectivity index (χ4v) is 1.33. The first-order valence-corrected chi connectivity index (χ1v) is 5.17. The minimum atomic E-state index is -0.252. The molecule has 0 unspecified atom stereocenters. The number of aliphatic hydroxyl groups excluding tert-OH is 1. The molecule has 0 aliphatic rings. The number of aliphatic imine (C=N–C) groups is 1. The molecular weight excluding hydrogens is 218 g/mol. The molecule has 0 atom stereocenters. The highest BCUT2D eigenvalue weighted by atomic mass is 16.3. The maximum absolute atomic E-state index is 11.2. The predicted molar refractivity (Wildman–Crippen MR) is 65.7 cm³/mol. The Balaban J connectivity index is 3.05. The summed E-state index contributed by atoms with van der Waals surface area (Å²) in [5, 5.41) is 9.30. The van der Waals surface area contributed by atoms with Gasteiger partial charge in [0.2, 0.25) is 5.95 Å². The van der Waals surface area contributed by atoms with Crippen LogP contribution in [-0.2, 0) is 4.79 Å². The summed E-state index contributed by atoms with van der Waals surface area (Å²) in [6.07, 6.45) is 1.28. The van der Waals surface area contributed by atoms with E-state index in [9.17, 15) is 9.90 Å². The average Bonchev–Trinajstić information content (AvgIpc) is 2.14. The Hall–Kier alpha value is -2.04. The number of carbonyl (C=O) groups excluding carboxylic acids is 1. The largest absolute Gasteiger partial charge is 0.512 e. The Labute approximate surface area is 100.0 Å². The highest BCUT2D eigenvalue weighted by Crippen LogP contribution is 2.08. The molecule has 0 saturated heterocycles. The number of hydrogen-bond acceptors (Lipinski definition) is 5. The van der Waals surface area contributed by atoms with Crippen LogP contribution in [0.1, 0.15) is 25.2 Å². The minimum Gasteiger partial charge on any atom is -0.512 e. The SMILES string of the molecule is CC(=O)C(/C=N/c1nc(C)cc(C)n1)=C(\C)O. The number of rotatable bonds is 3. The molecule has 90 valence electrons. The van der Waals surface area contributed by atoms with Crippen LogP contribution < -0.4 is 0 Å². The zero-order chi connectivity index (χ0) is 13.0. The number of aromatic nitrogens is 2. The molecule has 17 heavy (non-hydrogen) atoms. The van der Waals surface area contributed by atoms with Gasteiger partial charge in [0, 0.05) is 17.6 Å². The summed E-state index contributed by atoms with van der Waals surface area (Å²) in [5.41, 5.74) is 1.77. The summed E-state index contributed by atoms with van der Waals surface area (Å²) < 4.78 is 0. The summed E-state index contributed by atoms with van der Waals surface area (Å²) in [6.45, 7) is 6.48. The fourth-order valence-electron chi connectivity index (χ4n) is 1.33. The Kier molecular flexibility index (Phi) is 4.09. The van der Waals surface area contributed by atoms with E-state index in [0.717, 1.165) is 11.4 Å². The van der Waals surface area contributed by atoms with Gasteiger partial charge in [0.15, 0.2) is 5.78 Å². The van der Waals surface area contributed by atoms with Crippen molar-refractivity contribution >= 4 is 17.9 Å². The second-order valence-electron chi connectivity index (χ2n) is 3.76. The molecule has 1 aromatic rings. The molecule has 0 saturated carbocycles. The molecule has 0 spiro atoms. The average molecular weight is 233 g/mol. The third kappa shape index (κ3) is 3.79. The highest BCUT2D eigenvalue weighted by Gasteiger charge is 2.05. The van der Waals surface area contributed by atoms with E-state index in [4.69, 9.17) is 0 Å². The van der Waals surface area contributed by atoms with Gasteiger partial charge in [0.05, 0.1) is 5.57 Å². The lowest BCUT2D eigenvalue weighted by Crippen LogP contribution is -2.01. The van der Waals surface area contributed by atoms with Gasteiger partial charge in [-0.2, -0.15) is 0 Å². The van der Waals surface area contributed by atoms with Crippen LogP contribution >= 0.6 is 0 Å². The van der Waals surface area contributed by atoms with Gasteiger partial charge in [-0.15, -0.1) is 0 Å². The molecule has 5 nitrogen and oxygen atoms in total. The minimum absolute atomic E-state index is 0.0642. The van der Waals surface area contributed by atoms with Gasteiger partial charge >= 0.3 is 0 Å². The number of Topliss-reactive ketones (excluding diaryl/α,β-unsaturated/α-hetero) is 1. The number of aryl methyl sites for hydroxylation is 2. The van der Waals surface area contributed by atoms with Gasteiger partial charge in [-0.25, -0.2) is 15.0 Å². The normalized spacial score (nSPS) is 12.7. The van der Waals surface area contributed by atoms with Crippen LogP contribution in [0.15, 0.2) is 22.4 Å². The molecule has 0 aliphatic carbocycles. The summed E-state index contributed by atoms with van der Waals surface area (Å²) >= 11 is 0. The van der Waals surface area contributed by atoms with Crippen molar-refractivity contribution in [3.63, 3.8) is 0 Å². The molecule has 0 bridgehead atoms. The van der Waals surface area contributed by atoms with E-state index in [1.807, 2.05) is 19.9 Å². The zero-order valence-corrected chi connectivity index (χ0v) is 10.4.